The van der Waals surface area contributed by atoms with E-state index >= 15 is 0 Å². The van der Waals surface area contributed by atoms with Gasteiger partial charge in [0.2, 0.25) is 10.0 Å². The molecule has 1 aromatic rings. The molecule has 1 atom stereocenters. The molecule has 5 nitrogen and oxygen atoms in total. The lowest BCUT2D eigenvalue weighted by Gasteiger charge is -2.18. The smallest absolute Gasteiger partial charge is 0.211 e. The third-order valence-electron chi connectivity index (χ3n) is 4.44. The molecule has 116 valence electrons. The summed E-state index contributed by atoms with van der Waals surface area (Å²) in [6.45, 7) is 3.48. The summed E-state index contributed by atoms with van der Waals surface area (Å²) in [5, 5.41) is 0. The normalized spacial score (nSPS) is 23.9. The van der Waals surface area contributed by atoms with Crippen LogP contribution in [0.15, 0.2) is 18.2 Å². The molecule has 0 amide bonds. The summed E-state index contributed by atoms with van der Waals surface area (Å²) >= 11 is 0. The Balaban J connectivity index is 1.64. The number of hydrogen-bond acceptors (Lipinski definition) is 4. The molecule has 6 heteroatoms. The van der Waals surface area contributed by atoms with Crippen LogP contribution >= 0.6 is 0 Å². The van der Waals surface area contributed by atoms with Gasteiger partial charge in [-0.1, -0.05) is 6.07 Å². The van der Waals surface area contributed by atoms with E-state index in [1.165, 1.54) is 19.1 Å². The van der Waals surface area contributed by atoms with Gasteiger partial charge in [0.05, 0.1) is 6.26 Å². The maximum absolute atomic E-state index is 11.6. The standard InChI is InChI=1S/C15H23N3O2S/c1-21(19,20)18-10-7-13(12-18)11-14-5-4-6-15(16-14)17-8-2-3-9-17/h4-6,13H,2-3,7-12H2,1H3/t13-/m0/s1. The highest BCUT2D eigenvalue weighted by molar-refractivity contribution is 7.88. The van der Waals surface area contributed by atoms with Gasteiger partial charge in [0.25, 0.3) is 0 Å². The highest BCUT2D eigenvalue weighted by atomic mass is 32.2. The predicted molar refractivity (Wildman–Crippen MR) is 83.9 cm³/mol. The van der Waals surface area contributed by atoms with E-state index in [9.17, 15) is 8.42 Å². The lowest BCUT2D eigenvalue weighted by atomic mass is 10.0. The largest absolute Gasteiger partial charge is 0.357 e. The van der Waals surface area contributed by atoms with Crippen molar-refractivity contribution in [2.75, 3.05) is 37.3 Å². The molecule has 0 unspecified atom stereocenters. The highest BCUT2D eigenvalue weighted by Crippen LogP contribution is 2.24. The van der Waals surface area contributed by atoms with Crippen LogP contribution in [0.3, 0.4) is 0 Å². The minimum atomic E-state index is -3.04. The van der Waals surface area contributed by atoms with Crippen molar-refractivity contribution in [1.82, 2.24) is 9.29 Å². The van der Waals surface area contributed by atoms with E-state index in [0.29, 0.717) is 19.0 Å². The Morgan fingerprint density at radius 1 is 1.24 bits per heavy atom. The predicted octanol–water partition coefficient (Wildman–Crippen LogP) is 1.51. The van der Waals surface area contributed by atoms with Crippen LogP contribution in [0, 0.1) is 5.92 Å². The van der Waals surface area contributed by atoms with E-state index in [0.717, 1.165) is 37.4 Å². The summed E-state index contributed by atoms with van der Waals surface area (Å²) in [7, 11) is -3.04. The van der Waals surface area contributed by atoms with Crippen molar-refractivity contribution in [2.24, 2.45) is 5.92 Å². The molecule has 2 fully saturated rings. The van der Waals surface area contributed by atoms with Crippen LogP contribution in [0.2, 0.25) is 0 Å². The molecule has 21 heavy (non-hydrogen) atoms. The SMILES string of the molecule is CS(=O)(=O)N1CC[C@@H](Cc2cccc(N3CCCC3)n2)C1. The van der Waals surface area contributed by atoms with Gasteiger partial charge in [0.1, 0.15) is 5.82 Å². The second kappa shape index (κ2) is 5.93. The van der Waals surface area contributed by atoms with E-state index < -0.39 is 10.0 Å². The summed E-state index contributed by atoms with van der Waals surface area (Å²) in [5.41, 5.74) is 1.08. The van der Waals surface area contributed by atoms with Gasteiger partial charge in [-0.3, -0.25) is 0 Å². The van der Waals surface area contributed by atoms with Gasteiger partial charge in [-0.05, 0) is 43.7 Å². The first-order chi connectivity index (χ1) is 10.0. The van der Waals surface area contributed by atoms with Gasteiger partial charge in [0.15, 0.2) is 0 Å². The van der Waals surface area contributed by atoms with E-state index in [1.807, 2.05) is 0 Å². The molecule has 3 rings (SSSR count). The van der Waals surface area contributed by atoms with Gasteiger partial charge in [-0.15, -0.1) is 0 Å². The minimum absolute atomic E-state index is 0.390. The minimum Gasteiger partial charge on any atom is -0.357 e. The van der Waals surface area contributed by atoms with E-state index in [-0.39, 0.29) is 0 Å². The van der Waals surface area contributed by atoms with E-state index in [2.05, 4.69) is 23.1 Å². The van der Waals surface area contributed by atoms with Crippen LogP contribution in [-0.2, 0) is 16.4 Å². The lowest BCUT2D eigenvalue weighted by Crippen LogP contribution is -2.27. The average molecular weight is 309 g/mol. The highest BCUT2D eigenvalue weighted by Gasteiger charge is 2.28. The monoisotopic (exact) mass is 309 g/mol. The first-order valence-corrected chi connectivity index (χ1v) is 9.53. The van der Waals surface area contributed by atoms with Crippen molar-refractivity contribution in [1.29, 1.82) is 0 Å². The van der Waals surface area contributed by atoms with Crippen LogP contribution in [0.25, 0.3) is 0 Å². The summed E-state index contributed by atoms with van der Waals surface area (Å²) in [4.78, 5) is 7.10. The van der Waals surface area contributed by atoms with Crippen LogP contribution in [0.5, 0.6) is 0 Å². The van der Waals surface area contributed by atoms with Crippen molar-refractivity contribution in [3.8, 4) is 0 Å². The molecule has 2 aliphatic heterocycles. The van der Waals surface area contributed by atoms with Crippen molar-refractivity contribution in [3.63, 3.8) is 0 Å². The van der Waals surface area contributed by atoms with Gasteiger partial charge >= 0.3 is 0 Å². The van der Waals surface area contributed by atoms with Gasteiger partial charge < -0.3 is 4.90 Å². The number of nitrogens with zero attached hydrogens (tertiary/aromatic N) is 3. The Morgan fingerprint density at radius 2 is 2.00 bits per heavy atom. The van der Waals surface area contributed by atoms with E-state index in [4.69, 9.17) is 4.98 Å². The molecule has 0 N–H and O–H groups in total. The van der Waals surface area contributed by atoms with Gasteiger partial charge in [0, 0.05) is 31.9 Å². The van der Waals surface area contributed by atoms with Crippen molar-refractivity contribution in [3.05, 3.63) is 23.9 Å². The maximum Gasteiger partial charge on any atom is 0.211 e. The molecule has 0 saturated carbocycles. The average Bonchev–Trinajstić information content (AvgIpc) is 3.09. The first kappa shape index (κ1) is 14.8. The molecule has 1 aromatic heterocycles. The topological polar surface area (TPSA) is 53.5 Å². The molecule has 0 bridgehead atoms. The number of anilines is 1. The Morgan fingerprint density at radius 3 is 2.67 bits per heavy atom. The van der Waals surface area contributed by atoms with Gasteiger partial charge in [-0.25, -0.2) is 17.7 Å². The van der Waals surface area contributed by atoms with Crippen molar-refractivity contribution in [2.45, 2.75) is 25.7 Å². The fourth-order valence-electron chi connectivity index (χ4n) is 3.26. The summed E-state index contributed by atoms with van der Waals surface area (Å²) < 4.78 is 24.7. The van der Waals surface area contributed by atoms with Crippen LogP contribution in [0.4, 0.5) is 5.82 Å². The second-order valence-electron chi connectivity index (χ2n) is 6.16. The number of pyridine rings is 1. The third-order valence-corrected chi connectivity index (χ3v) is 5.71. The quantitative estimate of drug-likeness (QED) is 0.846. The number of sulfonamides is 1. The Kier molecular flexibility index (Phi) is 4.17. The van der Waals surface area contributed by atoms with E-state index in [1.54, 1.807) is 4.31 Å². The van der Waals surface area contributed by atoms with Crippen molar-refractivity contribution >= 4 is 15.8 Å². The third kappa shape index (κ3) is 3.55. The van der Waals surface area contributed by atoms with Crippen LogP contribution in [-0.4, -0.2) is 50.1 Å². The fourth-order valence-corrected chi connectivity index (χ4v) is 4.18. The molecule has 2 saturated heterocycles. The number of rotatable bonds is 4. The Labute approximate surface area is 127 Å². The molecular formula is C15H23N3O2S. The lowest BCUT2D eigenvalue weighted by molar-refractivity contribution is 0.459. The summed E-state index contributed by atoms with van der Waals surface area (Å²) in [6, 6.07) is 6.20. The summed E-state index contributed by atoms with van der Waals surface area (Å²) in [5.74, 6) is 1.46. The number of aromatic nitrogens is 1. The fraction of sp³-hybridized carbons (Fsp3) is 0.667. The molecule has 0 radical (unpaired) electrons. The van der Waals surface area contributed by atoms with Crippen LogP contribution in [0.1, 0.15) is 25.0 Å². The molecular weight excluding hydrogens is 286 g/mol. The zero-order chi connectivity index (χ0) is 14.9. The zero-order valence-corrected chi connectivity index (χ0v) is 13.3. The van der Waals surface area contributed by atoms with Crippen molar-refractivity contribution < 1.29 is 8.42 Å². The Bertz CT molecular complexity index is 597. The molecule has 3 heterocycles. The maximum atomic E-state index is 11.6. The molecule has 0 spiro atoms. The Hall–Kier alpha value is -1.14. The first-order valence-electron chi connectivity index (χ1n) is 7.68. The van der Waals surface area contributed by atoms with Crippen LogP contribution < -0.4 is 4.90 Å². The second-order valence-corrected chi connectivity index (χ2v) is 8.14. The van der Waals surface area contributed by atoms with Gasteiger partial charge in [-0.2, -0.15) is 0 Å². The molecule has 2 aliphatic rings. The zero-order valence-electron chi connectivity index (χ0n) is 12.5. The molecule has 0 aromatic carbocycles. The summed E-state index contributed by atoms with van der Waals surface area (Å²) in [6.07, 6.45) is 5.59. The molecule has 0 aliphatic carbocycles. The number of hydrogen-bond donors (Lipinski definition) is 0.